The highest BCUT2D eigenvalue weighted by molar-refractivity contribution is 8.00. The fourth-order valence-electron chi connectivity index (χ4n) is 5.20. The van der Waals surface area contributed by atoms with Crippen LogP contribution in [0, 0.1) is 17.8 Å². The SMILES string of the molecule is CC(=O)N1CCC(C(=O)NC2NC3CCC4CC(F)CCC4C3S2)C1. The van der Waals surface area contributed by atoms with Gasteiger partial charge in [0.25, 0.3) is 0 Å². The number of likely N-dealkylation sites (tertiary alicyclic amines) is 1. The summed E-state index contributed by atoms with van der Waals surface area (Å²) in [5.41, 5.74) is -0.0456. The summed E-state index contributed by atoms with van der Waals surface area (Å²) < 4.78 is 13.7. The van der Waals surface area contributed by atoms with Crippen molar-refractivity contribution in [2.24, 2.45) is 17.8 Å². The third-order valence-corrected chi connectivity index (χ3v) is 8.10. The molecule has 4 aliphatic rings. The largest absolute Gasteiger partial charge is 0.342 e. The summed E-state index contributed by atoms with van der Waals surface area (Å²) in [6, 6.07) is 0.435. The molecule has 7 atom stereocenters. The second kappa shape index (κ2) is 7.06. The maximum Gasteiger partial charge on any atom is 0.226 e. The molecule has 5 nitrogen and oxygen atoms in total. The molecule has 7 unspecified atom stereocenters. The third-order valence-electron chi connectivity index (χ3n) is 6.58. The minimum absolute atomic E-state index is 0.0455. The van der Waals surface area contributed by atoms with Crippen molar-refractivity contribution in [3.8, 4) is 0 Å². The van der Waals surface area contributed by atoms with Gasteiger partial charge in [-0.25, -0.2) is 4.39 Å². The Kier molecular flexibility index (Phi) is 4.97. The number of thioether (sulfide) groups is 1. The van der Waals surface area contributed by atoms with Gasteiger partial charge in [0.1, 0.15) is 11.7 Å². The summed E-state index contributed by atoms with van der Waals surface area (Å²) in [5, 5.41) is 7.22. The summed E-state index contributed by atoms with van der Waals surface area (Å²) in [5.74, 6) is 1.11. The molecule has 0 aromatic heterocycles. The summed E-state index contributed by atoms with van der Waals surface area (Å²) in [6.07, 6.45) is 4.74. The van der Waals surface area contributed by atoms with Gasteiger partial charge in [0.05, 0.1) is 5.92 Å². The molecule has 2 aliphatic carbocycles. The molecule has 2 saturated carbocycles. The van der Waals surface area contributed by atoms with Crippen LogP contribution in [0.1, 0.15) is 45.4 Å². The van der Waals surface area contributed by atoms with Crippen LogP contribution < -0.4 is 10.6 Å². The first-order valence-corrected chi connectivity index (χ1v) is 10.6. The molecule has 2 N–H and O–H groups in total. The molecule has 4 fully saturated rings. The second-order valence-electron chi connectivity index (χ2n) is 8.12. The lowest BCUT2D eigenvalue weighted by Gasteiger charge is -2.42. The molecule has 140 valence electrons. The van der Waals surface area contributed by atoms with Crippen molar-refractivity contribution < 1.29 is 14.0 Å². The zero-order valence-electron chi connectivity index (χ0n) is 14.7. The van der Waals surface area contributed by atoms with Crippen molar-refractivity contribution in [1.29, 1.82) is 0 Å². The number of hydrogen-bond donors (Lipinski definition) is 2. The lowest BCUT2D eigenvalue weighted by molar-refractivity contribution is -0.128. The van der Waals surface area contributed by atoms with Gasteiger partial charge in [0.15, 0.2) is 0 Å². The van der Waals surface area contributed by atoms with Gasteiger partial charge in [-0.1, -0.05) is 0 Å². The monoisotopic (exact) mass is 369 g/mol. The van der Waals surface area contributed by atoms with Crippen molar-refractivity contribution in [3.05, 3.63) is 0 Å². The van der Waals surface area contributed by atoms with E-state index in [1.807, 2.05) is 11.8 Å². The lowest BCUT2D eigenvalue weighted by Crippen LogP contribution is -2.48. The van der Waals surface area contributed by atoms with Gasteiger partial charge in [-0.15, -0.1) is 11.8 Å². The number of carbonyl (C=O) groups excluding carboxylic acids is 2. The zero-order valence-corrected chi connectivity index (χ0v) is 15.6. The molecule has 0 spiro atoms. The third kappa shape index (κ3) is 3.54. The highest BCUT2D eigenvalue weighted by Gasteiger charge is 2.48. The van der Waals surface area contributed by atoms with Crippen molar-refractivity contribution in [1.82, 2.24) is 15.5 Å². The second-order valence-corrected chi connectivity index (χ2v) is 9.41. The Morgan fingerprint density at radius 3 is 2.80 bits per heavy atom. The van der Waals surface area contributed by atoms with Crippen LogP contribution in [0.5, 0.6) is 0 Å². The maximum atomic E-state index is 13.7. The summed E-state index contributed by atoms with van der Waals surface area (Å²) in [4.78, 5) is 25.7. The number of fused-ring (bicyclic) bond motifs is 3. The van der Waals surface area contributed by atoms with Crippen molar-refractivity contribution in [2.45, 2.75) is 68.4 Å². The molecule has 4 rings (SSSR count). The first-order valence-electron chi connectivity index (χ1n) is 9.62. The van der Waals surface area contributed by atoms with Crippen LogP contribution in [0.4, 0.5) is 4.39 Å². The molecule has 0 aromatic carbocycles. The topological polar surface area (TPSA) is 61.4 Å². The molecule has 0 radical (unpaired) electrons. The van der Waals surface area contributed by atoms with Gasteiger partial charge >= 0.3 is 0 Å². The minimum atomic E-state index is -0.612. The Balaban J connectivity index is 1.32. The van der Waals surface area contributed by atoms with Crippen LogP contribution in [0.2, 0.25) is 0 Å². The van der Waals surface area contributed by atoms with E-state index in [0.29, 0.717) is 42.6 Å². The van der Waals surface area contributed by atoms with Gasteiger partial charge in [-0.05, 0) is 50.4 Å². The zero-order chi connectivity index (χ0) is 17.6. The van der Waals surface area contributed by atoms with E-state index in [2.05, 4.69) is 10.6 Å². The molecule has 0 bridgehead atoms. The quantitative estimate of drug-likeness (QED) is 0.780. The standard InChI is InChI=1S/C18H28FN3O2S/c1-10(23)22-7-6-12(9-22)17(24)21-18-20-15-5-2-11-8-13(19)3-4-14(11)16(15)25-18/h11-16,18,20H,2-9H2,1H3,(H,21,24). The Morgan fingerprint density at radius 2 is 2.04 bits per heavy atom. The lowest BCUT2D eigenvalue weighted by atomic mass is 9.68. The Labute approximate surface area is 152 Å². The van der Waals surface area contributed by atoms with E-state index < -0.39 is 6.17 Å². The molecule has 2 heterocycles. The number of hydrogen-bond acceptors (Lipinski definition) is 4. The summed E-state index contributed by atoms with van der Waals surface area (Å²) in [7, 11) is 0. The minimum Gasteiger partial charge on any atom is -0.342 e. The molecule has 2 aliphatic heterocycles. The van der Waals surface area contributed by atoms with Gasteiger partial charge in [0.2, 0.25) is 11.8 Å². The Bertz CT molecular complexity index is 548. The van der Waals surface area contributed by atoms with Gasteiger partial charge in [-0.3, -0.25) is 14.9 Å². The molecule has 0 aromatic rings. The number of halogens is 1. The Hall–Kier alpha value is -0.820. The van der Waals surface area contributed by atoms with E-state index in [1.54, 1.807) is 11.8 Å². The van der Waals surface area contributed by atoms with Crippen LogP contribution in [-0.2, 0) is 9.59 Å². The Morgan fingerprint density at radius 1 is 1.20 bits per heavy atom. The highest BCUT2D eigenvalue weighted by atomic mass is 32.2. The molecule has 2 amide bonds. The first kappa shape index (κ1) is 17.6. The summed E-state index contributed by atoms with van der Waals surface area (Å²) in [6.45, 7) is 2.77. The number of nitrogens with zero attached hydrogens (tertiary/aromatic N) is 1. The highest BCUT2D eigenvalue weighted by Crippen LogP contribution is 2.48. The number of amides is 2. The first-order chi connectivity index (χ1) is 12.0. The van der Waals surface area contributed by atoms with Crippen molar-refractivity contribution in [2.75, 3.05) is 13.1 Å². The van der Waals surface area contributed by atoms with Crippen LogP contribution >= 0.6 is 11.8 Å². The fraction of sp³-hybridized carbons (Fsp3) is 0.889. The molecule has 25 heavy (non-hydrogen) atoms. The predicted octanol–water partition coefficient (Wildman–Crippen LogP) is 1.88. The van der Waals surface area contributed by atoms with Gasteiger partial charge in [0, 0.05) is 31.3 Å². The van der Waals surface area contributed by atoms with E-state index in [9.17, 15) is 14.0 Å². The average Bonchev–Trinajstić information content (AvgIpc) is 3.21. The van der Waals surface area contributed by atoms with Crippen LogP contribution in [-0.4, -0.2) is 52.8 Å². The van der Waals surface area contributed by atoms with E-state index in [4.69, 9.17) is 0 Å². The normalized spacial score (nSPS) is 43.4. The number of nitrogens with one attached hydrogen (secondary N) is 2. The van der Waals surface area contributed by atoms with E-state index >= 15 is 0 Å². The van der Waals surface area contributed by atoms with Crippen LogP contribution in [0.25, 0.3) is 0 Å². The molecule has 2 saturated heterocycles. The van der Waals surface area contributed by atoms with Crippen LogP contribution in [0.3, 0.4) is 0 Å². The van der Waals surface area contributed by atoms with Crippen molar-refractivity contribution >= 4 is 23.6 Å². The van der Waals surface area contributed by atoms with Gasteiger partial charge in [-0.2, -0.15) is 0 Å². The van der Waals surface area contributed by atoms with E-state index in [-0.39, 0.29) is 23.2 Å². The van der Waals surface area contributed by atoms with E-state index in [0.717, 1.165) is 32.1 Å². The molecule has 7 heteroatoms. The van der Waals surface area contributed by atoms with Gasteiger partial charge < -0.3 is 10.2 Å². The predicted molar refractivity (Wildman–Crippen MR) is 95.6 cm³/mol. The fourth-order valence-corrected chi connectivity index (χ4v) is 6.91. The summed E-state index contributed by atoms with van der Waals surface area (Å²) >= 11 is 1.83. The molecular formula is C18H28FN3O2S. The van der Waals surface area contributed by atoms with E-state index in [1.165, 1.54) is 0 Å². The molecular weight excluding hydrogens is 341 g/mol. The number of alkyl halides is 1. The van der Waals surface area contributed by atoms with Crippen LogP contribution in [0.15, 0.2) is 0 Å². The van der Waals surface area contributed by atoms with Crippen molar-refractivity contribution in [3.63, 3.8) is 0 Å². The number of carbonyl (C=O) groups is 2. The smallest absolute Gasteiger partial charge is 0.226 e. The average molecular weight is 370 g/mol. The maximum absolute atomic E-state index is 13.7. The number of rotatable bonds is 2.